The predicted octanol–water partition coefficient (Wildman–Crippen LogP) is 1.90. The standard InChI is InChI=1S/C13H18FN3/c1-15-13(16-8-10-5-6-10)17-9-11-3-2-4-12(14)7-11/h2-4,7,10H,5-6,8-9H2,1H3,(H2,15,16,17). The first-order chi connectivity index (χ1) is 8.28. The highest BCUT2D eigenvalue weighted by atomic mass is 19.1. The molecular weight excluding hydrogens is 217 g/mol. The zero-order valence-corrected chi connectivity index (χ0v) is 10.0. The summed E-state index contributed by atoms with van der Waals surface area (Å²) < 4.78 is 13.0. The molecule has 0 unspecified atom stereocenters. The van der Waals surface area contributed by atoms with Crippen molar-refractivity contribution < 1.29 is 4.39 Å². The summed E-state index contributed by atoms with van der Waals surface area (Å²) in [5, 5.41) is 6.43. The van der Waals surface area contributed by atoms with E-state index in [1.54, 1.807) is 13.1 Å². The molecule has 1 aliphatic carbocycles. The summed E-state index contributed by atoms with van der Waals surface area (Å²) in [7, 11) is 1.74. The molecule has 0 aliphatic heterocycles. The van der Waals surface area contributed by atoms with E-state index in [2.05, 4.69) is 15.6 Å². The molecule has 17 heavy (non-hydrogen) atoms. The van der Waals surface area contributed by atoms with Gasteiger partial charge in [-0.25, -0.2) is 4.39 Å². The normalized spacial score (nSPS) is 15.8. The Balaban J connectivity index is 1.78. The Morgan fingerprint density at radius 2 is 2.24 bits per heavy atom. The van der Waals surface area contributed by atoms with Crippen molar-refractivity contribution in [2.24, 2.45) is 10.9 Å². The molecule has 3 nitrogen and oxygen atoms in total. The summed E-state index contributed by atoms with van der Waals surface area (Å²) in [5.74, 6) is 1.38. The average molecular weight is 235 g/mol. The number of aliphatic imine (C=N–C) groups is 1. The molecule has 0 heterocycles. The third-order valence-electron chi connectivity index (χ3n) is 2.83. The monoisotopic (exact) mass is 235 g/mol. The molecule has 1 fully saturated rings. The van der Waals surface area contributed by atoms with Gasteiger partial charge < -0.3 is 10.6 Å². The maximum Gasteiger partial charge on any atom is 0.191 e. The van der Waals surface area contributed by atoms with E-state index < -0.39 is 0 Å². The highest BCUT2D eigenvalue weighted by Crippen LogP contribution is 2.27. The highest BCUT2D eigenvalue weighted by Gasteiger charge is 2.20. The lowest BCUT2D eigenvalue weighted by atomic mass is 10.2. The van der Waals surface area contributed by atoms with Gasteiger partial charge in [0, 0.05) is 20.1 Å². The third kappa shape index (κ3) is 4.06. The molecule has 0 atom stereocenters. The van der Waals surface area contributed by atoms with Crippen molar-refractivity contribution in [2.75, 3.05) is 13.6 Å². The van der Waals surface area contributed by atoms with Crippen LogP contribution < -0.4 is 10.6 Å². The number of rotatable bonds is 4. The van der Waals surface area contributed by atoms with E-state index in [0.29, 0.717) is 6.54 Å². The molecule has 1 aliphatic rings. The molecule has 4 heteroatoms. The summed E-state index contributed by atoms with van der Waals surface area (Å²) >= 11 is 0. The molecule has 1 aromatic rings. The Hall–Kier alpha value is -1.58. The van der Waals surface area contributed by atoms with E-state index in [9.17, 15) is 4.39 Å². The van der Waals surface area contributed by atoms with Gasteiger partial charge in [-0.05, 0) is 36.5 Å². The fraction of sp³-hybridized carbons (Fsp3) is 0.462. The molecule has 2 rings (SSSR count). The lowest BCUT2D eigenvalue weighted by molar-refractivity contribution is 0.624. The topological polar surface area (TPSA) is 36.4 Å². The lowest BCUT2D eigenvalue weighted by Crippen LogP contribution is -2.37. The lowest BCUT2D eigenvalue weighted by Gasteiger charge is -2.11. The Morgan fingerprint density at radius 3 is 2.88 bits per heavy atom. The van der Waals surface area contributed by atoms with Crippen molar-refractivity contribution >= 4 is 5.96 Å². The number of nitrogens with one attached hydrogen (secondary N) is 2. The van der Waals surface area contributed by atoms with Gasteiger partial charge in [0.2, 0.25) is 0 Å². The maximum atomic E-state index is 13.0. The second-order valence-electron chi connectivity index (χ2n) is 4.38. The summed E-state index contributed by atoms with van der Waals surface area (Å²) in [6.07, 6.45) is 2.63. The number of hydrogen-bond donors (Lipinski definition) is 2. The van der Waals surface area contributed by atoms with Crippen LogP contribution in [0.4, 0.5) is 4.39 Å². The number of halogens is 1. The fourth-order valence-electron chi connectivity index (χ4n) is 1.62. The van der Waals surface area contributed by atoms with E-state index in [1.165, 1.54) is 25.0 Å². The van der Waals surface area contributed by atoms with Gasteiger partial charge in [-0.1, -0.05) is 12.1 Å². The molecule has 1 aromatic carbocycles. The largest absolute Gasteiger partial charge is 0.356 e. The number of guanidine groups is 1. The van der Waals surface area contributed by atoms with Gasteiger partial charge >= 0.3 is 0 Å². The summed E-state index contributed by atoms with van der Waals surface area (Å²) in [5.41, 5.74) is 0.916. The van der Waals surface area contributed by atoms with Crippen LogP contribution in [0.1, 0.15) is 18.4 Å². The Morgan fingerprint density at radius 1 is 1.41 bits per heavy atom. The second kappa shape index (κ2) is 5.66. The van der Waals surface area contributed by atoms with Crippen LogP contribution in [0.5, 0.6) is 0 Å². The van der Waals surface area contributed by atoms with Crippen molar-refractivity contribution in [2.45, 2.75) is 19.4 Å². The summed E-state index contributed by atoms with van der Waals surface area (Å²) in [6, 6.07) is 6.59. The first-order valence-corrected chi connectivity index (χ1v) is 5.97. The van der Waals surface area contributed by atoms with Crippen LogP contribution in [0.3, 0.4) is 0 Å². The molecule has 0 saturated heterocycles. The van der Waals surface area contributed by atoms with Crippen LogP contribution >= 0.6 is 0 Å². The van der Waals surface area contributed by atoms with Gasteiger partial charge in [-0.2, -0.15) is 0 Å². The minimum absolute atomic E-state index is 0.203. The van der Waals surface area contributed by atoms with Gasteiger partial charge in [0.1, 0.15) is 5.82 Å². The fourth-order valence-corrected chi connectivity index (χ4v) is 1.62. The van der Waals surface area contributed by atoms with E-state index in [1.807, 2.05) is 6.07 Å². The number of hydrogen-bond acceptors (Lipinski definition) is 1. The SMILES string of the molecule is CN=C(NCc1cccc(F)c1)NCC1CC1. The summed E-state index contributed by atoms with van der Waals surface area (Å²) in [4.78, 5) is 4.13. The molecule has 0 radical (unpaired) electrons. The van der Waals surface area contributed by atoms with Crippen molar-refractivity contribution in [1.29, 1.82) is 0 Å². The third-order valence-corrected chi connectivity index (χ3v) is 2.83. The number of benzene rings is 1. The minimum atomic E-state index is -0.203. The smallest absolute Gasteiger partial charge is 0.191 e. The van der Waals surface area contributed by atoms with Crippen molar-refractivity contribution in [1.82, 2.24) is 10.6 Å². The predicted molar refractivity (Wildman–Crippen MR) is 67.3 cm³/mol. The Kier molecular flexibility index (Phi) is 3.96. The quantitative estimate of drug-likeness (QED) is 0.617. The highest BCUT2D eigenvalue weighted by molar-refractivity contribution is 5.79. The molecule has 92 valence electrons. The molecule has 0 bridgehead atoms. The van der Waals surface area contributed by atoms with Crippen LogP contribution in [-0.2, 0) is 6.54 Å². The number of nitrogens with zero attached hydrogens (tertiary/aromatic N) is 1. The molecule has 2 N–H and O–H groups in total. The maximum absolute atomic E-state index is 13.0. The van der Waals surface area contributed by atoms with Crippen LogP contribution in [-0.4, -0.2) is 19.6 Å². The molecule has 0 spiro atoms. The second-order valence-corrected chi connectivity index (χ2v) is 4.38. The van der Waals surface area contributed by atoms with Gasteiger partial charge in [-0.15, -0.1) is 0 Å². The van der Waals surface area contributed by atoms with Gasteiger partial charge in [0.25, 0.3) is 0 Å². The average Bonchev–Trinajstić information content (AvgIpc) is 3.13. The van der Waals surface area contributed by atoms with Gasteiger partial charge in [0.05, 0.1) is 0 Å². The molecule has 0 amide bonds. The van der Waals surface area contributed by atoms with Crippen LogP contribution in [0, 0.1) is 11.7 Å². The van der Waals surface area contributed by atoms with Crippen molar-refractivity contribution in [3.05, 3.63) is 35.6 Å². The van der Waals surface area contributed by atoms with Crippen LogP contribution in [0.15, 0.2) is 29.3 Å². The zero-order valence-electron chi connectivity index (χ0n) is 10.0. The van der Waals surface area contributed by atoms with Crippen LogP contribution in [0.2, 0.25) is 0 Å². The van der Waals surface area contributed by atoms with E-state index in [4.69, 9.17) is 0 Å². The minimum Gasteiger partial charge on any atom is -0.356 e. The van der Waals surface area contributed by atoms with E-state index in [-0.39, 0.29) is 5.82 Å². The molecule has 0 aromatic heterocycles. The molecular formula is C13H18FN3. The van der Waals surface area contributed by atoms with E-state index >= 15 is 0 Å². The van der Waals surface area contributed by atoms with E-state index in [0.717, 1.165) is 24.0 Å². The summed E-state index contributed by atoms with van der Waals surface area (Å²) in [6.45, 7) is 1.56. The van der Waals surface area contributed by atoms with Crippen molar-refractivity contribution in [3.63, 3.8) is 0 Å². The Bertz CT molecular complexity index is 399. The van der Waals surface area contributed by atoms with Crippen molar-refractivity contribution in [3.8, 4) is 0 Å². The first kappa shape index (κ1) is 11.9. The first-order valence-electron chi connectivity index (χ1n) is 5.97. The molecule has 1 saturated carbocycles. The van der Waals surface area contributed by atoms with Crippen LogP contribution in [0.25, 0.3) is 0 Å². The van der Waals surface area contributed by atoms with Gasteiger partial charge in [0.15, 0.2) is 5.96 Å². The Labute approximate surface area is 101 Å². The zero-order chi connectivity index (χ0) is 12.1. The van der Waals surface area contributed by atoms with Gasteiger partial charge in [-0.3, -0.25) is 4.99 Å².